The van der Waals surface area contributed by atoms with Crippen LogP contribution in [0, 0.1) is 17.8 Å². The van der Waals surface area contributed by atoms with E-state index in [-0.39, 0.29) is 21.9 Å². The third-order valence-corrected chi connectivity index (χ3v) is 9.22. The second kappa shape index (κ2) is 10.8. The lowest BCUT2D eigenvalue weighted by molar-refractivity contribution is 0.0948. The monoisotopic (exact) mass is 502 g/mol. The number of pyridine rings is 1. The largest absolute Gasteiger partial charge is 0.352 e. The van der Waals surface area contributed by atoms with E-state index < -0.39 is 10.0 Å². The van der Waals surface area contributed by atoms with Gasteiger partial charge in [-0.2, -0.15) is 4.31 Å². The molecule has 0 spiro atoms. The highest BCUT2D eigenvalue weighted by Crippen LogP contribution is 2.26. The molecule has 9 heteroatoms. The molecule has 0 radical (unpaired) electrons. The van der Waals surface area contributed by atoms with E-state index in [4.69, 9.17) is 0 Å². The number of carbonyl (C=O) groups is 1. The number of hydrogen-bond donors (Lipinski definition) is 2. The Labute approximate surface area is 208 Å². The average Bonchev–Trinajstić information content (AvgIpc) is 2.80. The molecule has 192 valence electrons. The van der Waals surface area contributed by atoms with Gasteiger partial charge in [0, 0.05) is 49.7 Å². The number of carbonyl (C=O) groups excluding carboxylic acids is 1. The summed E-state index contributed by atoms with van der Waals surface area (Å²) in [5.41, 5.74) is 0.262. The smallest absolute Gasteiger partial charge is 0.252 e. The zero-order valence-corrected chi connectivity index (χ0v) is 21.9. The van der Waals surface area contributed by atoms with E-state index in [2.05, 4.69) is 36.0 Å². The maximum absolute atomic E-state index is 13.2. The molecule has 4 rings (SSSR count). The van der Waals surface area contributed by atoms with Crippen LogP contribution in [0.2, 0.25) is 0 Å². The van der Waals surface area contributed by atoms with Crippen LogP contribution in [0.1, 0.15) is 56.8 Å². The summed E-state index contributed by atoms with van der Waals surface area (Å²) < 4.78 is 28.0. The van der Waals surface area contributed by atoms with E-state index in [9.17, 15) is 18.0 Å². The highest BCUT2D eigenvalue weighted by molar-refractivity contribution is 7.89. The molecule has 35 heavy (non-hydrogen) atoms. The van der Waals surface area contributed by atoms with Crippen molar-refractivity contribution in [1.82, 2.24) is 19.5 Å². The van der Waals surface area contributed by atoms with Gasteiger partial charge in [-0.3, -0.25) is 9.59 Å². The number of piperidine rings is 2. The molecule has 0 aliphatic carbocycles. The number of amides is 1. The van der Waals surface area contributed by atoms with Gasteiger partial charge in [0.25, 0.3) is 5.91 Å². The molecule has 1 aromatic heterocycles. The maximum Gasteiger partial charge on any atom is 0.252 e. The molecule has 2 aromatic rings. The first-order valence-electron chi connectivity index (χ1n) is 12.8. The number of sulfonamides is 1. The second-order valence-corrected chi connectivity index (χ2v) is 12.6. The zero-order chi connectivity index (χ0) is 25.2. The molecule has 1 aromatic carbocycles. The van der Waals surface area contributed by atoms with Crippen molar-refractivity contribution in [2.45, 2.75) is 51.3 Å². The molecule has 3 heterocycles. The van der Waals surface area contributed by atoms with Crippen molar-refractivity contribution >= 4 is 26.8 Å². The summed E-state index contributed by atoms with van der Waals surface area (Å²) in [6.45, 7) is 11.3. The zero-order valence-electron chi connectivity index (χ0n) is 21.0. The van der Waals surface area contributed by atoms with E-state index in [0.717, 1.165) is 38.9 Å². The van der Waals surface area contributed by atoms with Gasteiger partial charge in [0.15, 0.2) is 0 Å². The molecule has 0 saturated carbocycles. The lowest BCUT2D eigenvalue weighted by Crippen LogP contribution is -2.40. The van der Waals surface area contributed by atoms with Crippen LogP contribution in [0.15, 0.2) is 34.0 Å². The first-order chi connectivity index (χ1) is 16.6. The van der Waals surface area contributed by atoms with E-state index in [0.29, 0.717) is 48.3 Å². The van der Waals surface area contributed by atoms with Gasteiger partial charge in [-0.25, -0.2) is 8.42 Å². The van der Waals surface area contributed by atoms with Gasteiger partial charge in [0.2, 0.25) is 15.6 Å². The van der Waals surface area contributed by atoms with Crippen molar-refractivity contribution in [3.63, 3.8) is 0 Å². The number of nitrogens with zero attached hydrogens (tertiary/aromatic N) is 2. The Morgan fingerprint density at radius 3 is 2.43 bits per heavy atom. The molecular formula is C26H38N4O4S. The highest BCUT2D eigenvalue weighted by atomic mass is 32.2. The molecule has 2 aliphatic heterocycles. The Morgan fingerprint density at radius 2 is 1.74 bits per heavy atom. The molecule has 8 nitrogen and oxygen atoms in total. The summed E-state index contributed by atoms with van der Waals surface area (Å²) >= 11 is 0. The van der Waals surface area contributed by atoms with Crippen molar-refractivity contribution in [1.29, 1.82) is 0 Å². The summed E-state index contributed by atoms with van der Waals surface area (Å²) in [4.78, 5) is 30.5. The average molecular weight is 503 g/mol. The molecule has 0 bridgehead atoms. The molecule has 2 atom stereocenters. The number of hydrogen-bond acceptors (Lipinski definition) is 5. The van der Waals surface area contributed by atoms with Gasteiger partial charge in [-0.05, 0) is 68.2 Å². The second-order valence-electron chi connectivity index (χ2n) is 10.7. The molecule has 2 saturated heterocycles. The Balaban J connectivity index is 1.48. The predicted octanol–water partition coefficient (Wildman–Crippen LogP) is 3.05. The van der Waals surface area contributed by atoms with Crippen molar-refractivity contribution in [2.24, 2.45) is 17.8 Å². The van der Waals surface area contributed by atoms with Crippen molar-refractivity contribution in [3.05, 3.63) is 40.2 Å². The summed E-state index contributed by atoms with van der Waals surface area (Å²) in [5.74, 6) is 1.53. The number of H-pyrrole nitrogens is 1. The molecular weight excluding hydrogens is 464 g/mol. The lowest BCUT2D eigenvalue weighted by atomic mass is 9.92. The normalized spacial score (nSPS) is 22.9. The molecule has 2 unspecified atom stereocenters. The van der Waals surface area contributed by atoms with Gasteiger partial charge in [0.05, 0.1) is 10.5 Å². The number of nitrogens with one attached hydrogen (secondary N) is 2. The van der Waals surface area contributed by atoms with Gasteiger partial charge in [0.1, 0.15) is 0 Å². The van der Waals surface area contributed by atoms with Crippen molar-refractivity contribution < 1.29 is 13.2 Å². The first-order valence-corrected chi connectivity index (χ1v) is 14.2. The number of likely N-dealkylation sites (tertiary alicyclic amines) is 1. The third kappa shape index (κ3) is 6.13. The van der Waals surface area contributed by atoms with E-state index in [1.54, 1.807) is 6.07 Å². The fourth-order valence-electron chi connectivity index (χ4n) is 5.53. The van der Waals surface area contributed by atoms with Crippen molar-refractivity contribution in [2.75, 3.05) is 39.3 Å². The Bertz CT molecular complexity index is 1210. The minimum atomic E-state index is -3.67. The van der Waals surface area contributed by atoms with E-state index in [1.165, 1.54) is 28.9 Å². The molecule has 2 aliphatic rings. The number of benzene rings is 1. The minimum Gasteiger partial charge on any atom is -0.352 e. The highest BCUT2D eigenvalue weighted by Gasteiger charge is 2.28. The van der Waals surface area contributed by atoms with Crippen LogP contribution in [-0.4, -0.2) is 67.8 Å². The Hall–Kier alpha value is -2.23. The van der Waals surface area contributed by atoms with Crippen LogP contribution in [0.3, 0.4) is 0 Å². The minimum absolute atomic E-state index is 0.147. The SMILES string of the molecule is CC1CCN(S(=O)(=O)c2ccc3[nH]c(=O)cc(C(=O)NCCCN4CC(C)CC(C)C4)c3c2)CC1. The topological polar surface area (TPSA) is 103 Å². The fourth-order valence-corrected chi connectivity index (χ4v) is 7.03. The van der Waals surface area contributed by atoms with Crippen LogP contribution >= 0.6 is 0 Å². The van der Waals surface area contributed by atoms with Crippen LogP contribution in [0.4, 0.5) is 0 Å². The standard InChI is InChI=1S/C26H38N4O4S/c1-18-7-11-30(12-8-18)35(33,34)21-5-6-24-22(14-21)23(15-25(31)28-24)26(32)27-9-4-10-29-16-19(2)13-20(3)17-29/h5-6,14-15,18-20H,4,7-13,16-17H2,1-3H3,(H,27,32)(H,28,31). The Morgan fingerprint density at radius 1 is 1.06 bits per heavy atom. The van der Waals surface area contributed by atoms with E-state index in [1.807, 2.05) is 0 Å². The van der Waals surface area contributed by atoms with Gasteiger partial charge in [-0.1, -0.05) is 20.8 Å². The van der Waals surface area contributed by atoms with Gasteiger partial charge >= 0.3 is 0 Å². The third-order valence-electron chi connectivity index (χ3n) is 7.32. The summed E-state index contributed by atoms with van der Waals surface area (Å²) in [5, 5.41) is 3.37. The van der Waals surface area contributed by atoms with Crippen LogP contribution < -0.4 is 10.9 Å². The van der Waals surface area contributed by atoms with Crippen LogP contribution in [-0.2, 0) is 10.0 Å². The quantitative estimate of drug-likeness (QED) is 0.567. The summed E-state index contributed by atoms with van der Waals surface area (Å²) in [6.07, 6.45) is 3.75. The fraction of sp³-hybridized carbons (Fsp3) is 0.615. The first kappa shape index (κ1) is 25.9. The van der Waals surface area contributed by atoms with Crippen LogP contribution in [0.5, 0.6) is 0 Å². The van der Waals surface area contributed by atoms with E-state index >= 15 is 0 Å². The van der Waals surface area contributed by atoms with Crippen molar-refractivity contribution in [3.8, 4) is 0 Å². The number of rotatable bonds is 7. The van der Waals surface area contributed by atoms with Gasteiger partial charge in [-0.15, -0.1) is 0 Å². The molecule has 2 N–H and O–H groups in total. The number of aromatic nitrogens is 1. The van der Waals surface area contributed by atoms with Gasteiger partial charge < -0.3 is 15.2 Å². The summed E-state index contributed by atoms with van der Waals surface area (Å²) in [6, 6.07) is 5.86. The maximum atomic E-state index is 13.2. The molecule has 1 amide bonds. The number of fused-ring (bicyclic) bond motifs is 1. The Kier molecular flexibility index (Phi) is 7.98. The molecule has 2 fully saturated rings. The predicted molar refractivity (Wildman–Crippen MR) is 138 cm³/mol. The number of aromatic amines is 1. The summed E-state index contributed by atoms with van der Waals surface area (Å²) in [7, 11) is -3.67. The lowest BCUT2D eigenvalue weighted by Gasteiger charge is -2.34. The van der Waals surface area contributed by atoms with Crippen LogP contribution in [0.25, 0.3) is 10.9 Å².